The maximum Gasteiger partial charge on any atom is 0.263 e. The molecule has 0 saturated carbocycles. The van der Waals surface area contributed by atoms with Gasteiger partial charge in [-0.1, -0.05) is 31.2 Å². The van der Waals surface area contributed by atoms with Gasteiger partial charge in [-0.25, -0.2) is 0 Å². The standard InChI is InChI=1S/C22H28N2O2/c1-4-21(26-20-15-17(2)14-18(3)16-20)22(25)24-12-10-23(11-13-24)19-8-6-5-7-9-19/h5-9,14-16,21H,4,10-13H2,1-3H3/t21-/m0/s1. The molecule has 1 heterocycles. The second kappa shape index (κ2) is 8.26. The van der Waals surface area contributed by atoms with Gasteiger partial charge in [0.1, 0.15) is 5.75 Å². The van der Waals surface area contributed by atoms with E-state index in [1.165, 1.54) is 5.69 Å². The summed E-state index contributed by atoms with van der Waals surface area (Å²) in [5, 5.41) is 0. The third-order valence-corrected chi connectivity index (χ3v) is 4.83. The lowest BCUT2D eigenvalue weighted by Gasteiger charge is -2.37. The zero-order valence-electron chi connectivity index (χ0n) is 15.9. The van der Waals surface area contributed by atoms with Crippen LogP contribution in [0.4, 0.5) is 5.69 Å². The Hall–Kier alpha value is -2.49. The number of amides is 1. The molecular weight excluding hydrogens is 324 g/mol. The fraction of sp³-hybridized carbons (Fsp3) is 0.409. The summed E-state index contributed by atoms with van der Waals surface area (Å²) in [4.78, 5) is 17.2. The van der Waals surface area contributed by atoms with E-state index in [0.717, 1.165) is 43.1 Å². The lowest BCUT2D eigenvalue weighted by molar-refractivity contribution is -0.139. The van der Waals surface area contributed by atoms with Gasteiger partial charge in [-0.05, 0) is 55.7 Å². The molecule has 0 spiro atoms. The topological polar surface area (TPSA) is 32.8 Å². The Kier molecular flexibility index (Phi) is 5.82. The molecule has 0 N–H and O–H groups in total. The van der Waals surface area contributed by atoms with Gasteiger partial charge < -0.3 is 14.5 Å². The Balaban J connectivity index is 1.61. The van der Waals surface area contributed by atoms with Gasteiger partial charge in [0, 0.05) is 31.9 Å². The van der Waals surface area contributed by atoms with Crippen molar-refractivity contribution in [3.63, 3.8) is 0 Å². The van der Waals surface area contributed by atoms with Crippen molar-refractivity contribution in [3.8, 4) is 5.75 Å². The molecule has 1 saturated heterocycles. The van der Waals surface area contributed by atoms with E-state index in [1.807, 2.05) is 43.9 Å². The van der Waals surface area contributed by atoms with Crippen LogP contribution in [0.1, 0.15) is 24.5 Å². The number of ether oxygens (including phenoxy) is 1. The molecule has 0 radical (unpaired) electrons. The van der Waals surface area contributed by atoms with Crippen molar-refractivity contribution in [1.29, 1.82) is 0 Å². The number of carbonyl (C=O) groups is 1. The van der Waals surface area contributed by atoms with Crippen molar-refractivity contribution in [2.24, 2.45) is 0 Å². The monoisotopic (exact) mass is 352 g/mol. The van der Waals surface area contributed by atoms with Gasteiger partial charge >= 0.3 is 0 Å². The molecule has 0 aliphatic carbocycles. The summed E-state index contributed by atoms with van der Waals surface area (Å²) in [6, 6.07) is 16.5. The third-order valence-electron chi connectivity index (χ3n) is 4.83. The Morgan fingerprint density at radius 1 is 1.00 bits per heavy atom. The first-order valence-corrected chi connectivity index (χ1v) is 9.40. The molecule has 1 fully saturated rings. The molecular formula is C22H28N2O2. The molecule has 1 atom stereocenters. The summed E-state index contributed by atoms with van der Waals surface area (Å²) < 4.78 is 6.05. The molecule has 2 aromatic rings. The van der Waals surface area contributed by atoms with E-state index in [-0.39, 0.29) is 5.91 Å². The predicted octanol–water partition coefficient (Wildman–Crippen LogP) is 3.81. The summed E-state index contributed by atoms with van der Waals surface area (Å²) in [6.45, 7) is 9.29. The Morgan fingerprint density at radius 2 is 1.62 bits per heavy atom. The zero-order valence-corrected chi connectivity index (χ0v) is 15.9. The van der Waals surface area contributed by atoms with Crippen LogP contribution in [0.15, 0.2) is 48.5 Å². The first-order chi connectivity index (χ1) is 12.6. The number of hydrogen-bond donors (Lipinski definition) is 0. The predicted molar refractivity (Wildman–Crippen MR) is 106 cm³/mol. The number of anilines is 1. The fourth-order valence-corrected chi connectivity index (χ4v) is 3.50. The number of rotatable bonds is 5. The average molecular weight is 352 g/mol. The van der Waals surface area contributed by atoms with E-state index in [4.69, 9.17) is 4.74 Å². The first-order valence-electron chi connectivity index (χ1n) is 9.40. The highest BCUT2D eigenvalue weighted by atomic mass is 16.5. The average Bonchev–Trinajstić information content (AvgIpc) is 2.65. The van der Waals surface area contributed by atoms with Crippen LogP contribution >= 0.6 is 0 Å². The van der Waals surface area contributed by atoms with Gasteiger partial charge in [-0.2, -0.15) is 0 Å². The van der Waals surface area contributed by atoms with E-state index >= 15 is 0 Å². The Morgan fingerprint density at radius 3 is 2.19 bits per heavy atom. The van der Waals surface area contributed by atoms with Crippen LogP contribution in [-0.4, -0.2) is 43.1 Å². The van der Waals surface area contributed by atoms with Gasteiger partial charge in [0.25, 0.3) is 5.91 Å². The van der Waals surface area contributed by atoms with E-state index in [0.29, 0.717) is 6.42 Å². The molecule has 0 unspecified atom stereocenters. The van der Waals surface area contributed by atoms with Gasteiger partial charge in [0.15, 0.2) is 6.10 Å². The third kappa shape index (κ3) is 4.37. The highest BCUT2D eigenvalue weighted by Gasteiger charge is 2.28. The lowest BCUT2D eigenvalue weighted by Crippen LogP contribution is -2.52. The van der Waals surface area contributed by atoms with Gasteiger partial charge in [-0.15, -0.1) is 0 Å². The van der Waals surface area contributed by atoms with Crippen LogP contribution < -0.4 is 9.64 Å². The minimum absolute atomic E-state index is 0.0966. The van der Waals surface area contributed by atoms with Crippen molar-refractivity contribution in [1.82, 2.24) is 4.90 Å². The number of carbonyl (C=O) groups excluding carboxylic acids is 1. The summed E-state index contributed by atoms with van der Waals surface area (Å²) >= 11 is 0. The number of piperazine rings is 1. The molecule has 0 aromatic heterocycles. The van der Waals surface area contributed by atoms with Crippen molar-refractivity contribution in [2.75, 3.05) is 31.1 Å². The molecule has 26 heavy (non-hydrogen) atoms. The Labute approximate surface area is 156 Å². The molecule has 138 valence electrons. The summed E-state index contributed by atoms with van der Waals surface area (Å²) in [7, 11) is 0. The zero-order chi connectivity index (χ0) is 18.5. The normalized spacial score (nSPS) is 15.7. The number of benzene rings is 2. The lowest BCUT2D eigenvalue weighted by atomic mass is 10.1. The van der Waals surface area contributed by atoms with Crippen LogP contribution in [0.3, 0.4) is 0 Å². The summed E-state index contributed by atoms with van der Waals surface area (Å²) in [5.74, 6) is 0.880. The smallest absolute Gasteiger partial charge is 0.263 e. The van der Waals surface area contributed by atoms with Crippen LogP contribution in [0.5, 0.6) is 5.75 Å². The number of aryl methyl sites for hydroxylation is 2. The SMILES string of the molecule is CC[C@H](Oc1cc(C)cc(C)c1)C(=O)N1CCN(c2ccccc2)CC1. The first kappa shape index (κ1) is 18.3. The van der Waals surface area contributed by atoms with E-state index < -0.39 is 6.10 Å². The summed E-state index contributed by atoms with van der Waals surface area (Å²) in [6.07, 6.45) is 0.254. The molecule has 1 amide bonds. The Bertz CT molecular complexity index is 717. The summed E-state index contributed by atoms with van der Waals surface area (Å²) in [5.41, 5.74) is 3.52. The van der Waals surface area contributed by atoms with Crippen LogP contribution in [-0.2, 0) is 4.79 Å². The molecule has 1 aliphatic rings. The van der Waals surface area contributed by atoms with Crippen molar-refractivity contribution >= 4 is 11.6 Å². The minimum Gasteiger partial charge on any atom is -0.481 e. The highest BCUT2D eigenvalue weighted by molar-refractivity contribution is 5.81. The number of nitrogens with zero attached hydrogens (tertiary/aromatic N) is 2. The second-order valence-electron chi connectivity index (χ2n) is 6.99. The molecule has 4 heteroatoms. The van der Waals surface area contributed by atoms with Crippen LogP contribution in [0.2, 0.25) is 0 Å². The number of para-hydroxylation sites is 1. The van der Waals surface area contributed by atoms with Crippen molar-refractivity contribution in [3.05, 3.63) is 59.7 Å². The molecule has 2 aromatic carbocycles. The van der Waals surface area contributed by atoms with Crippen LogP contribution in [0, 0.1) is 13.8 Å². The van der Waals surface area contributed by atoms with E-state index in [9.17, 15) is 4.79 Å². The quantitative estimate of drug-likeness (QED) is 0.820. The maximum atomic E-state index is 12.9. The van der Waals surface area contributed by atoms with Gasteiger partial charge in [-0.3, -0.25) is 4.79 Å². The minimum atomic E-state index is -0.417. The fourth-order valence-electron chi connectivity index (χ4n) is 3.50. The largest absolute Gasteiger partial charge is 0.481 e. The molecule has 0 bridgehead atoms. The number of hydrogen-bond acceptors (Lipinski definition) is 3. The van der Waals surface area contributed by atoms with Crippen molar-refractivity contribution < 1.29 is 9.53 Å². The second-order valence-corrected chi connectivity index (χ2v) is 6.99. The van der Waals surface area contributed by atoms with Crippen LogP contribution in [0.25, 0.3) is 0 Å². The van der Waals surface area contributed by atoms with Crippen molar-refractivity contribution in [2.45, 2.75) is 33.3 Å². The van der Waals surface area contributed by atoms with Gasteiger partial charge in [0.05, 0.1) is 0 Å². The van der Waals surface area contributed by atoms with E-state index in [2.05, 4.69) is 35.2 Å². The molecule has 3 rings (SSSR count). The highest BCUT2D eigenvalue weighted by Crippen LogP contribution is 2.21. The van der Waals surface area contributed by atoms with E-state index in [1.54, 1.807) is 0 Å². The molecule has 4 nitrogen and oxygen atoms in total. The van der Waals surface area contributed by atoms with Gasteiger partial charge in [0.2, 0.25) is 0 Å². The molecule has 1 aliphatic heterocycles. The maximum absolute atomic E-state index is 12.9.